The number of alkyl carbamates (subject to hydrolysis) is 1. The van der Waals surface area contributed by atoms with Crippen LogP contribution in [0.3, 0.4) is 0 Å². The molecule has 2 aromatic rings. The second kappa shape index (κ2) is 8.93. The first kappa shape index (κ1) is 23.8. The molecule has 3 rings (SSSR count). The zero-order valence-corrected chi connectivity index (χ0v) is 19.6. The normalized spacial score (nSPS) is 22.1. The Hall–Kier alpha value is -2.88. The van der Waals surface area contributed by atoms with Crippen molar-refractivity contribution in [2.75, 3.05) is 13.2 Å². The third kappa shape index (κ3) is 4.79. The molecular formula is C22H33N5O5. The number of carbonyl (C=O) groups is 2. The number of aromatic nitrogens is 3. The van der Waals surface area contributed by atoms with E-state index in [1.54, 1.807) is 39.2 Å². The van der Waals surface area contributed by atoms with Gasteiger partial charge in [0.05, 0.1) is 12.4 Å². The molecular weight excluding hydrogens is 414 g/mol. The molecule has 0 unspecified atom stereocenters. The summed E-state index contributed by atoms with van der Waals surface area (Å²) in [5.74, 6) is 1.36. The third-order valence-electron chi connectivity index (χ3n) is 5.79. The Labute approximate surface area is 187 Å². The number of amides is 2. The number of nitrogens with zero attached hydrogens (tertiary/aromatic N) is 2. The second-order valence-corrected chi connectivity index (χ2v) is 9.49. The van der Waals surface area contributed by atoms with Crippen molar-refractivity contribution in [3.8, 4) is 11.6 Å². The van der Waals surface area contributed by atoms with Gasteiger partial charge in [0.1, 0.15) is 17.0 Å². The molecule has 2 amide bonds. The summed E-state index contributed by atoms with van der Waals surface area (Å²) in [4.78, 5) is 30.2. The van der Waals surface area contributed by atoms with E-state index in [4.69, 9.17) is 13.9 Å². The van der Waals surface area contributed by atoms with Gasteiger partial charge in [-0.05, 0) is 39.8 Å². The van der Waals surface area contributed by atoms with Gasteiger partial charge in [-0.1, -0.05) is 13.8 Å². The fourth-order valence-electron chi connectivity index (χ4n) is 3.91. The number of furan rings is 1. The Morgan fingerprint density at radius 2 is 2.09 bits per heavy atom. The molecule has 0 radical (unpaired) electrons. The first-order valence-corrected chi connectivity index (χ1v) is 10.8. The van der Waals surface area contributed by atoms with Crippen LogP contribution in [0.15, 0.2) is 22.8 Å². The van der Waals surface area contributed by atoms with Crippen molar-refractivity contribution in [1.82, 2.24) is 25.8 Å². The van der Waals surface area contributed by atoms with Crippen LogP contribution in [0.5, 0.6) is 0 Å². The van der Waals surface area contributed by atoms with Gasteiger partial charge in [-0.3, -0.25) is 9.89 Å². The topological polar surface area (TPSA) is 131 Å². The van der Waals surface area contributed by atoms with Crippen LogP contribution in [0.25, 0.3) is 11.6 Å². The van der Waals surface area contributed by atoms with Crippen LogP contribution in [0.2, 0.25) is 0 Å². The molecule has 176 valence electrons. The molecule has 32 heavy (non-hydrogen) atoms. The summed E-state index contributed by atoms with van der Waals surface area (Å²) < 4.78 is 16.5. The number of ether oxygens (including phenoxy) is 2. The molecule has 0 saturated heterocycles. The highest BCUT2D eigenvalue weighted by Gasteiger charge is 2.66. The molecule has 0 aromatic carbocycles. The zero-order chi connectivity index (χ0) is 23.6. The molecule has 2 atom stereocenters. The van der Waals surface area contributed by atoms with E-state index in [1.165, 1.54) is 0 Å². The van der Waals surface area contributed by atoms with Crippen molar-refractivity contribution in [1.29, 1.82) is 0 Å². The standard InChI is InChI=1S/C22H33N5O5/c1-7-30-15-13-22(21(15,5)6,25-19(29)32-20(2,3)4)18(28)23-11-10-16-24-17(27-26-16)14-9-8-12-31-14/h8-9,12,15H,7,10-11,13H2,1-6H3,(H,23,28)(H,25,29)(H,24,26,27)/t15-,22-/m0/s1. The van der Waals surface area contributed by atoms with E-state index in [0.29, 0.717) is 43.4 Å². The number of aromatic amines is 1. The molecule has 1 aliphatic carbocycles. The summed E-state index contributed by atoms with van der Waals surface area (Å²) >= 11 is 0. The maximum absolute atomic E-state index is 13.3. The van der Waals surface area contributed by atoms with Crippen molar-refractivity contribution in [2.45, 2.75) is 71.6 Å². The predicted octanol–water partition coefficient (Wildman–Crippen LogP) is 2.82. The summed E-state index contributed by atoms with van der Waals surface area (Å²) in [5, 5.41) is 12.7. The van der Waals surface area contributed by atoms with Crippen molar-refractivity contribution in [3.05, 3.63) is 24.2 Å². The number of hydrogen-bond acceptors (Lipinski definition) is 7. The highest BCUT2D eigenvalue weighted by atomic mass is 16.6. The van der Waals surface area contributed by atoms with Gasteiger partial charge in [-0.15, -0.1) is 0 Å². The molecule has 10 heteroatoms. The van der Waals surface area contributed by atoms with E-state index in [1.807, 2.05) is 20.8 Å². The number of H-pyrrole nitrogens is 1. The molecule has 1 saturated carbocycles. The molecule has 10 nitrogen and oxygen atoms in total. The summed E-state index contributed by atoms with van der Waals surface area (Å²) in [6, 6.07) is 3.53. The van der Waals surface area contributed by atoms with Crippen LogP contribution in [0, 0.1) is 5.41 Å². The second-order valence-electron chi connectivity index (χ2n) is 9.49. The van der Waals surface area contributed by atoms with E-state index in [0.717, 1.165) is 0 Å². The lowest BCUT2D eigenvalue weighted by molar-refractivity contribution is -0.178. The molecule has 0 aliphatic heterocycles. The number of carbonyl (C=O) groups excluding carboxylic acids is 2. The Morgan fingerprint density at radius 1 is 1.34 bits per heavy atom. The summed E-state index contributed by atoms with van der Waals surface area (Å²) in [6.45, 7) is 11.9. The molecule has 0 spiro atoms. The van der Waals surface area contributed by atoms with E-state index < -0.39 is 22.6 Å². The van der Waals surface area contributed by atoms with Crippen molar-refractivity contribution >= 4 is 12.0 Å². The predicted molar refractivity (Wildman–Crippen MR) is 117 cm³/mol. The molecule has 3 N–H and O–H groups in total. The van der Waals surface area contributed by atoms with Gasteiger partial charge in [0.2, 0.25) is 11.7 Å². The SMILES string of the molecule is CCO[C@H]1C[C@](NC(=O)OC(C)(C)C)(C(=O)NCCc2nc(-c3ccco3)n[nH]2)C1(C)C. The summed E-state index contributed by atoms with van der Waals surface area (Å²) in [7, 11) is 0. The monoisotopic (exact) mass is 447 g/mol. The van der Waals surface area contributed by atoms with Gasteiger partial charge < -0.3 is 24.5 Å². The highest BCUT2D eigenvalue weighted by molar-refractivity contribution is 5.92. The Balaban J connectivity index is 1.65. The van der Waals surface area contributed by atoms with E-state index in [-0.39, 0.29) is 12.0 Å². The first-order valence-electron chi connectivity index (χ1n) is 10.8. The van der Waals surface area contributed by atoms with Crippen LogP contribution < -0.4 is 10.6 Å². The Bertz CT molecular complexity index is 931. The molecule has 1 fully saturated rings. The lowest BCUT2D eigenvalue weighted by atomic mass is 9.53. The van der Waals surface area contributed by atoms with Crippen LogP contribution in [-0.2, 0) is 20.7 Å². The zero-order valence-electron chi connectivity index (χ0n) is 19.6. The minimum Gasteiger partial charge on any atom is -0.461 e. The number of hydrogen-bond donors (Lipinski definition) is 3. The minimum absolute atomic E-state index is 0.154. The van der Waals surface area contributed by atoms with Crippen LogP contribution in [0.1, 0.15) is 53.8 Å². The average Bonchev–Trinajstić information content (AvgIpc) is 3.37. The van der Waals surface area contributed by atoms with E-state index in [9.17, 15) is 9.59 Å². The molecule has 0 bridgehead atoms. The number of rotatable bonds is 8. The summed E-state index contributed by atoms with van der Waals surface area (Å²) in [6.07, 6.45) is 1.58. The lowest BCUT2D eigenvalue weighted by Gasteiger charge is -2.59. The third-order valence-corrected chi connectivity index (χ3v) is 5.79. The van der Waals surface area contributed by atoms with Crippen molar-refractivity contribution in [3.63, 3.8) is 0 Å². The van der Waals surface area contributed by atoms with Crippen LogP contribution in [0.4, 0.5) is 4.79 Å². The lowest BCUT2D eigenvalue weighted by Crippen LogP contribution is -2.78. The number of nitrogens with one attached hydrogen (secondary N) is 3. The molecule has 2 heterocycles. The maximum Gasteiger partial charge on any atom is 0.408 e. The van der Waals surface area contributed by atoms with Gasteiger partial charge in [0.15, 0.2) is 5.76 Å². The van der Waals surface area contributed by atoms with Gasteiger partial charge in [-0.25, -0.2) is 9.78 Å². The average molecular weight is 448 g/mol. The fourth-order valence-corrected chi connectivity index (χ4v) is 3.91. The van der Waals surface area contributed by atoms with Gasteiger partial charge >= 0.3 is 6.09 Å². The van der Waals surface area contributed by atoms with Crippen LogP contribution in [-0.4, -0.2) is 57.6 Å². The highest BCUT2D eigenvalue weighted by Crippen LogP contribution is 2.51. The Morgan fingerprint density at radius 3 is 2.69 bits per heavy atom. The largest absolute Gasteiger partial charge is 0.461 e. The first-order chi connectivity index (χ1) is 15.0. The molecule has 1 aliphatic rings. The maximum atomic E-state index is 13.3. The Kier molecular flexibility index (Phi) is 6.64. The van der Waals surface area contributed by atoms with Crippen molar-refractivity contribution < 1.29 is 23.5 Å². The summed E-state index contributed by atoms with van der Waals surface area (Å²) in [5.41, 5.74) is -2.44. The minimum atomic E-state index is -1.14. The van der Waals surface area contributed by atoms with Crippen LogP contribution >= 0.6 is 0 Å². The fraction of sp³-hybridized carbons (Fsp3) is 0.636. The van der Waals surface area contributed by atoms with Gasteiger partial charge in [0.25, 0.3) is 0 Å². The molecule has 2 aromatic heterocycles. The van der Waals surface area contributed by atoms with E-state index >= 15 is 0 Å². The van der Waals surface area contributed by atoms with E-state index in [2.05, 4.69) is 25.8 Å². The van der Waals surface area contributed by atoms with Crippen molar-refractivity contribution in [2.24, 2.45) is 5.41 Å². The van der Waals surface area contributed by atoms with Gasteiger partial charge in [0, 0.05) is 31.4 Å². The smallest absolute Gasteiger partial charge is 0.408 e. The quantitative estimate of drug-likeness (QED) is 0.567. The van der Waals surface area contributed by atoms with Gasteiger partial charge in [-0.2, -0.15) is 5.10 Å².